The molecule has 1 N–H and O–H groups in total. The van der Waals surface area contributed by atoms with Crippen LogP contribution >= 0.6 is 11.8 Å². The SMILES string of the molecule is CSc1ncc2ccc(=O)n(CC(C)(C)CO)c2n1. The van der Waals surface area contributed by atoms with Gasteiger partial charge in [-0.2, -0.15) is 0 Å². The number of pyridine rings is 1. The summed E-state index contributed by atoms with van der Waals surface area (Å²) in [6, 6.07) is 3.24. The third kappa shape index (κ3) is 2.96. The quantitative estimate of drug-likeness (QED) is 0.679. The molecule has 0 aliphatic heterocycles. The fourth-order valence-corrected chi connectivity index (χ4v) is 2.12. The maximum atomic E-state index is 12.0. The third-order valence-corrected chi connectivity index (χ3v) is 3.46. The van der Waals surface area contributed by atoms with Crippen LogP contribution in [0.3, 0.4) is 0 Å². The predicted octanol–water partition coefficient (Wildman–Crippen LogP) is 1.53. The smallest absolute Gasteiger partial charge is 0.252 e. The average molecular weight is 279 g/mol. The highest BCUT2D eigenvalue weighted by Gasteiger charge is 2.19. The molecule has 2 heterocycles. The molecular weight excluding hydrogens is 262 g/mol. The van der Waals surface area contributed by atoms with Gasteiger partial charge in [-0.15, -0.1) is 0 Å². The first kappa shape index (κ1) is 14.0. The van der Waals surface area contributed by atoms with E-state index in [9.17, 15) is 9.90 Å². The molecule has 0 amide bonds. The molecule has 2 aromatic rings. The maximum Gasteiger partial charge on any atom is 0.252 e. The summed E-state index contributed by atoms with van der Waals surface area (Å²) in [5, 5.41) is 10.8. The highest BCUT2D eigenvalue weighted by molar-refractivity contribution is 7.98. The van der Waals surface area contributed by atoms with Crippen molar-refractivity contribution < 1.29 is 5.11 Å². The summed E-state index contributed by atoms with van der Waals surface area (Å²) in [4.78, 5) is 20.6. The van der Waals surface area contributed by atoms with Crippen molar-refractivity contribution in [2.24, 2.45) is 5.41 Å². The molecule has 0 radical (unpaired) electrons. The molecule has 0 saturated heterocycles. The van der Waals surface area contributed by atoms with E-state index in [2.05, 4.69) is 9.97 Å². The number of fused-ring (bicyclic) bond motifs is 1. The van der Waals surface area contributed by atoms with Crippen LogP contribution in [-0.4, -0.2) is 32.5 Å². The Hall–Kier alpha value is -1.40. The number of aromatic nitrogens is 3. The van der Waals surface area contributed by atoms with Crippen LogP contribution in [0.2, 0.25) is 0 Å². The standard InChI is InChI=1S/C13H17N3O2S/c1-13(2,8-17)7-16-10(18)5-4-9-6-14-12(19-3)15-11(9)16/h4-6,17H,7-8H2,1-3H3. The monoisotopic (exact) mass is 279 g/mol. The van der Waals surface area contributed by atoms with Crippen LogP contribution in [0.25, 0.3) is 11.0 Å². The molecule has 2 rings (SSSR count). The van der Waals surface area contributed by atoms with Gasteiger partial charge in [0.2, 0.25) is 0 Å². The van der Waals surface area contributed by atoms with Crippen LogP contribution in [0.5, 0.6) is 0 Å². The van der Waals surface area contributed by atoms with Gasteiger partial charge in [0.05, 0.1) is 0 Å². The molecule has 102 valence electrons. The number of thioether (sulfide) groups is 1. The van der Waals surface area contributed by atoms with Gasteiger partial charge in [-0.3, -0.25) is 9.36 Å². The Bertz CT molecular complexity index is 652. The van der Waals surface area contributed by atoms with E-state index in [0.29, 0.717) is 17.3 Å². The van der Waals surface area contributed by atoms with E-state index in [4.69, 9.17) is 0 Å². The molecule has 6 heteroatoms. The number of hydrogen-bond donors (Lipinski definition) is 1. The van der Waals surface area contributed by atoms with E-state index >= 15 is 0 Å². The van der Waals surface area contributed by atoms with Crippen LogP contribution in [0.15, 0.2) is 28.3 Å². The van der Waals surface area contributed by atoms with Gasteiger partial charge in [-0.25, -0.2) is 9.97 Å². The number of rotatable bonds is 4. The first-order valence-electron chi connectivity index (χ1n) is 5.98. The normalized spacial score (nSPS) is 12.0. The lowest BCUT2D eigenvalue weighted by Gasteiger charge is -2.23. The Kier molecular flexibility index (Phi) is 3.91. The van der Waals surface area contributed by atoms with Crippen molar-refractivity contribution in [1.29, 1.82) is 0 Å². The maximum absolute atomic E-state index is 12.0. The van der Waals surface area contributed by atoms with Crippen molar-refractivity contribution in [3.8, 4) is 0 Å². The zero-order valence-corrected chi connectivity index (χ0v) is 12.1. The Balaban J connectivity index is 2.63. The minimum atomic E-state index is -0.372. The van der Waals surface area contributed by atoms with Gasteiger partial charge in [0.25, 0.3) is 5.56 Å². The minimum Gasteiger partial charge on any atom is -0.396 e. The van der Waals surface area contributed by atoms with Gasteiger partial charge in [0, 0.05) is 36.2 Å². The van der Waals surface area contributed by atoms with E-state index in [-0.39, 0.29) is 17.6 Å². The van der Waals surface area contributed by atoms with Gasteiger partial charge < -0.3 is 5.11 Å². The van der Waals surface area contributed by atoms with E-state index in [1.807, 2.05) is 20.1 Å². The van der Waals surface area contributed by atoms with Crippen molar-refractivity contribution in [3.63, 3.8) is 0 Å². The van der Waals surface area contributed by atoms with Gasteiger partial charge in [-0.1, -0.05) is 25.6 Å². The predicted molar refractivity (Wildman–Crippen MR) is 76.4 cm³/mol. The summed E-state index contributed by atoms with van der Waals surface area (Å²) in [7, 11) is 0. The second-order valence-corrected chi connectivity index (χ2v) is 5.99. The summed E-state index contributed by atoms with van der Waals surface area (Å²) >= 11 is 1.43. The summed E-state index contributed by atoms with van der Waals surface area (Å²) in [5.41, 5.74) is 0.135. The van der Waals surface area contributed by atoms with Crippen molar-refractivity contribution >= 4 is 22.8 Å². The van der Waals surface area contributed by atoms with Crippen LogP contribution < -0.4 is 5.56 Å². The summed E-state index contributed by atoms with van der Waals surface area (Å²) in [6.07, 6.45) is 3.61. The first-order chi connectivity index (χ1) is 8.96. The molecule has 2 aromatic heterocycles. The van der Waals surface area contributed by atoms with Gasteiger partial charge in [0.1, 0.15) is 5.65 Å². The number of aliphatic hydroxyl groups is 1. The topological polar surface area (TPSA) is 68.0 Å². The molecular formula is C13H17N3O2S. The zero-order valence-electron chi connectivity index (χ0n) is 11.3. The van der Waals surface area contributed by atoms with Gasteiger partial charge in [-0.05, 0) is 12.3 Å². The minimum absolute atomic E-state index is 0.0102. The number of aliphatic hydroxyl groups excluding tert-OH is 1. The highest BCUT2D eigenvalue weighted by Crippen LogP contribution is 2.19. The van der Waals surface area contributed by atoms with Crippen LogP contribution in [0.1, 0.15) is 13.8 Å². The number of hydrogen-bond acceptors (Lipinski definition) is 5. The molecule has 0 unspecified atom stereocenters. The summed E-state index contributed by atoms with van der Waals surface area (Å²) < 4.78 is 1.60. The molecule has 0 aliphatic rings. The van der Waals surface area contributed by atoms with Crippen molar-refractivity contribution in [1.82, 2.24) is 14.5 Å². The van der Waals surface area contributed by atoms with E-state index in [1.165, 1.54) is 17.8 Å². The number of nitrogens with zero attached hydrogens (tertiary/aromatic N) is 3. The second-order valence-electron chi connectivity index (χ2n) is 5.22. The summed E-state index contributed by atoms with van der Waals surface area (Å²) in [6.45, 7) is 4.25. The van der Waals surface area contributed by atoms with E-state index in [1.54, 1.807) is 16.8 Å². The molecule has 0 atom stereocenters. The van der Waals surface area contributed by atoms with Crippen molar-refractivity contribution in [2.45, 2.75) is 25.5 Å². The Labute approximate surface area is 115 Å². The molecule has 5 nitrogen and oxygen atoms in total. The first-order valence-corrected chi connectivity index (χ1v) is 7.21. The highest BCUT2D eigenvalue weighted by atomic mass is 32.2. The fourth-order valence-electron chi connectivity index (χ4n) is 1.78. The van der Waals surface area contributed by atoms with Crippen LogP contribution in [0, 0.1) is 5.41 Å². The molecule has 0 bridgehead atoms. The van der Waals surface area contributed by atoms with Gasteiger partial charge in [0.15, 0.2) is 5.16 Å². The molecule has 0 spiro atoms. The lowest BCUT2D eigenvalue weighted by molar-refractivity contribution is 0.141. The Morgan fingerprint density at radius 2 is 2.16 bits per heavy atom. The molecule has 0 aliphatic carbocycles. The lowest BCUT2D eigenvalue weighted by atomic mass is 9.95. The van der Waals surface area contributed by atoms with Crippen molar-refractivity contribution in [3.05, 3.63) is 28.7 Å². The van der Waals surface area contributed by atoms with Crippen molar-refractivity contribution in [2.75, 3.05) is 12.9 Å². The molecule has 0 aromatic carbocycles. The molecule has 0 fully saturated rings. The summed E-state index contributed by atoms with van der Waals surface area (Å²) in [5.74, 6) is 0. The lowest BCUT2D eigenvalue weighted by Crippen LogP contribution is -2.31. The molecule has 19 heavy (non-hydrogen) atoms. The van der Waals surface area contributed by atoms with Crippen LogP contribution in [-0.2, 0) is 6.54 Å². The van der Waals surface area contributed by atoms with Crippen LogP contribution in [0.4, 0.5) is 0 Å². The average Bonchev–Trinajstić information content (AvgIpc) is 2.41. The van der Waals surface area contributed by atoms with Gasteiger partial charge >= 0.3 is 0 Å². The second kappa shape index (κ2) is 5.30. The molecule has 0 saturated carbocycles. The zero-order chi connectivity index (χ0) is 14.0. The van der Waals surface area contributed by atoms with E-state index in [0.717, 1.165) is 5.39 Å². The fraction of sp³-hybridized carbons (Fsp3) is 0.462. The van der Waals surface area contributed by atoms with E-state index < -0.39 is 0 Å². The Morgan fingerprint density at radius 3 is 2.79 bits per heavy atom. The largest absolute Gasteiger partial charge is 0.396 e. The third-order valence-electron chi connectivity index (χ3n) is 2.90. The Morgan fingerprint density at radius 1 is 1.42 bits per heavy atom.